The van der Waals surface area contributed by atoms with Crippen molar-refractivity contribution in [3.05, 3.63) is 53.2 Å². The number of nitrogens with one attached hydrogen (secondary N) is 1. The van der Waals surface area contributed by atoms with Crippen LogP contribution in [0.3, 0.4) is 0 Å². The van der Waals surface area contributed by atoms with Crippen LogP contribution in [-0.2, 0) is 11.3 Å². The number of carbonyl (C=O) groups is 1. The molecule has 2 rings (SSSR count). The Balaban J connectivity index is 2.10. The molecule has 0 aliphatic heterocycles. The van der Waals surface area contributed by atoms with Crippen LogP contribution in [0, 0.1) is 0 Å². The second-order valence-electron chi connectivity index (χ2n) is 3.79. The summed E-state index contributed by atoms with van der Waals surface area (Å²) in [7, 11) is 0. The molecule has 0 saturated heterocycles. The Morgan fingerprint density at radius 3 is 2.89 bits per heavy atom. The number of benzene rings is 1. The lowest BCUT2D eigenvalue weighted by molar-refractivity contribution is -0.116. The lowest BCUT2D eigenvalue weighted by Crippen LogP contribution is -2.27. The first-order chi connectivity index (χ1) is 9.20. The van der Waals surface area contributed by atoms with Crippen LogP contribution in [0.25, 0.3) is 0 Å². The van der Waals surface area contributed by atoms with Gasteiger partial charge >= 0.3 is 0 Å². The number of para-hydroxylation sites is 1. The van der Waals surface area contributed by atoms with E-state index in [0.29, 0.717) is 0 Å². The molecule has 0 atom stereocenters. The largest absolute Gasteiger partial charge is 0.324 e. The van der Waals surface area contributed by atoms with Gasteiger partial charge in [0.25, 0.3) is 5.56 Å². The molecule has 6 heteroatoms. The molecule has 98 valence electrons. The summed E-state index contributed by atoms with van der Waals surface area (Å²) in [6.45, 7) is -0.0462. The summed E-state index contributed by atoms with van der Waals surface area (Å²) >= 11 is 1.55. The quantitative estimate of drug-likeness (QED) is 0.861. The number of anilines is 1. The lowest BCUT2D eigenvalue weighted by Gasteiger charge is -2.09. The van der Waals surface area contributed by atoms with E-state index < -0.39 is 0 Å². The van der Waals surface area contributed by atoms with Gasteiger partial charge < -0.3 is 5.32 Å². The minimum Gasteiger partial charge on any atom is -0.324 e. The van der Waals surface area contributed by atoms with Crippen LogP contribution in [0.5, 0.6) is 0 Å². The predicted molar refractivity (Wildman–Crippen MR) is 75.3 cm³/mol. The van der Waals surface area contributed by atoms with Gasteiger partial charge in [-0.1, -0.05) is 12.1 Å². The zero-order chi connectivity index (χ0) is 13.7. The molecule has 1 aromatic heterocycles. The molecule has 1 amide bonds. The first-order valence-electron chi connectivity index (χ1n) is 5.64. The van der Waals surface area contributed by atoms with Crippen LogP contribution in [0.1, 0.15) is 0 Å². The number of hydrogen-bond donors (Lipinski definition) is 1. The van der Waals surface area contributed by atoms with Gasteiger partial charge in [0.1, 0.15) is 6.54 Å². The molecule has 19 heavy (non-hydrogen) atoms. The highest BCUT2D eigenvalue weighted by atomic mass is 32.2. The summed E-state index contributed by atoms with van der Waals surface area (Å²) in [4.78, 5) is 28.2. The molecule has 0 spiro atoms. The van der Waals surface area contributed by atoms with Gasteiger partial charge in [0.2, 0.25) is 5.91 Å². The molecule has 5 nitrogen and oxygen atoms in total. The molecular formula is C13H13N3O2S. The SMILES string of the molecule is CSc1ccccc1NC(=O)Cn1cnccc1=O. The highest BCUT2D eigenvalue weighted by Crippen LogP contribution is 2.24. The van der Waals surface area contributed by atoms with Crippen LogP contribution in [0.2, 0.25) is 0 Å². The third kappa shape index (κ3) is 3.45. The summed E-state index contributed by atoms with van der Waals surface area (Å²) in [5.41, 5.74) is 0.500. The molecule has 0 unspecified atom stereocenters. The molecule has 0 saturated carbocycles. The van der Waals surface area contributed by atoms with Crippen molar-refractivity contribution in [1.29, 1.82) is 0 Å². The third-order valence-electron chi connectivity index (χ3n) is 2.49. The van der Waals surface area contributed by atoms with E-state index in [1.54, 1.807) is 11.8 Å². The van der Waals surface area contributed by atoms with Gasteiger partial charge in [0.15, 0.2) is 0 Å². The first kappa shape index (κ1) is 13.4. The smallest absolute Gasteiger partial charge is 0.253 e. The van der Waals surface area contributed by atoms with Crippen molar-refractivity contribution in [1.82, 2.24) is 9.55 Å². The van der Waals surface area contributed by atoms with Crippen molar-refractivity contribution >= 4 is 23.4 Å². The number of rotatable bonds is 4. The minimum atomic E-state index is -0.253. The van der Waals surface area contributed by atoms with E-state index in [9.17, 15) is 9.59 Å². The van der Waals surface area contributed by atoms with E-state index in [4.69, 9.17) is 0 Å². The Kier molecular flexibility index (Phi) is 4.35. The van der Waals surface area contributed by atoms with Crippen molar-refractivity contribution in [2.24, 2.45) is 0 Å². The van der Waals surface area contributed by atoms with Crippen LogP contribution in [0.15, 0.2) is 52.5 Å². The second kappa shape index (κ2) is 6.19. The van der Waals surface area contributed by atoms with Gasteiger partial charge in [-0.05, 0) is 18.4 Å². The van der Waals surface area contributed by atoms with Crippen LogP contribution in [0.4, 0.5) is 5.69 Å². The van der Waals surface area contributed by atoms with Gasteiger partial charge in [-0.3, -0.25) is 14.2 Å². The Morgan fingerprint density at radius 2 is 2.16 bits per heavy atom. The Labute approximate surface area is 114 Å². The van der Waals surface area contributed by atoms with E-state index in [0.717, 1.165) is 10.6 Å². The van der Waals surface area contributed by atoms with Crippen LogP contribution >= 0.6 is 11.8 Å². The first-order valence-corrected chi connectivity index (χ1v) is 6.86. The normalized spacial score (nSPS) is 10.2. The molecule has 0 aliphatic rings. The average Bonchev–Trinajstić information content (AvgIpc) is 2.42. The van der Waals surface area contributed by atoms with Crippen molar-refractivity contribution in [2.45, 2.75) is 11.4 Å². The van der Waals surface area contributed by atoms with Crippen molar-refractivity contribution in [3.8, 4) is 0 Å². The third-order valence-corrected chi connectivity index (χ3v) is 3.28. The summed E-state index contributed by atoms with van der Waals surface area (Å²) in [5, 5.41) is 2.79. The van der Waals surface area contributed by atoms with Gasteiger partial charge in [-0.25, -0.2) is 4.98 Å². The van der Waals surface area contributed by atoms with E-state index in [2.05, 4.69) is 10.3 Å². The molecule has 0 fully saturated rings. The molecule has 1 aromatic carbocycles. The fraction of sp³-hybridized carbons (Fsp3) is 0.154. The maximum absolute atomic E-state index is 11.9. The fourth-order valence-corrected chi connectivity index (χ4v) is 2.14. The number of amides is 1. The maximum Gasteiger partial charge on any atom is 0.253 e. The van der Waals surface area contributed by atoms with Gasteiger partial charge in [-0.15, -0.1) is 11.8 Å². The molecule has 0 bridgehead atoms. The number of thioether (sulfide) groups is 1. The zero-order valence-electron chi connectivity index (χ0n) is 10.4. The zero-order valence-corrected chi connectivity index (χ0v) is 11.2. The van der Waals surface area contributed by atoms with Crippen molar-refractivity contribution in [3.63, 3.8) is 0 Å². The predicted octanol–water partition coefficient (Wildman–Crippen LogP) is 1.60. The van der Waals surface area contributed by atoms with E-state index in [1.807, 2.05) is 30.5 Å². The van der Waals surface area contributed by atoms with Gasteiger partial charge in [0, 0.05) is 17.2 Å². The molecule has 2 aromatic rings. The lowest BCUT2D eigenvalue weighted by atomic mass is 10.3. The number of hydrogen-bond acceptors (Lipinski definition) is 4. The minimum absolute atomic E-state index is 0.0462. The van der Waals surface area contributed by atoms with E-state index >= 15 is 0 Å². The summed E-state index contributed by atoms with van der Waals surface area (Å²) in [5.74, 6) is -0.253. The topological polar surface area (TPSA) is 64.0 Å². The molecule has 1 heterocycles. The van der Waals surface area contributed by atoms with Crippen LogP contribution < -0.4 is 10.9 Å². The second-order valence-corrected chi connectivity index (χ2v) is 4.64. The molecule has 0 radical (unpaired) electrons. The number of carbonyl (C=O) groups excluding carboxylic acids is 1. The number of aromatic nitrogens is 2. The highest BCUT2D eigenvalue weighted by Gasteiger charge is 2.07. The maximum atomic E-state index is 11.9. The van der Waals surface area contributed by atoms with Gasteiger partial charge in [0.05, 0.1) is 12.0 Å². The molecule has 0 aliphatic carbocycles. The van der Waals surface area contributed by atoms with Gasteiger partial charge in [-0.2, -0.15) is 0 Å². The standard InChI is InChI=1S/C13H13N3O2S/c1-19-11-5-3-2-4-10(11)15-12(17)8-16-9-14-7-6-13(16)18/h2-7,9H,8H2,1H3,(H,15,17). The summed E-state index contributed by atoms with van der Waals surface area (Å²) in [6.07, 6.45) is 4.69. The van der Waals surface area contributed by atoms with E-state index in [-0.39, 0.29) is 18.0 Å². The summed E-state index contributed by atoms with van der Waals surface area (Å²) in [6, 6.07) is 8.84. The fourth-order valence-electron chi connectivity index (χ4n) is 1.59. The number of nitrogens with zero attached hydrogens (tertiary/aromatic N) is 2. The van der Waals surface area contributed by atoms with E-state index in [1.165, 1.54) is 23.2 Å². The molecule has 1 N–H and O–H groups in total. The Bertz CT molecular complexity index is 640. The molecular weight excluding hydrogens is 262 g/mol. The monoisotopic (exact) mass is 275 g/mol. The van der Waals surface area contributed by atoms with Crippen LogP contribution in [-0.4, -0.2) is 21.7 Å². The van der Waals surface area contributed by atoms with Crippen molar-refractivity contribution in [2.75, 3.05) is 11.6 Å². The highest BCUT2D eigenvalue weighted by molar-refractivity contribution is 7.98. The Morgan fingerprint density at radius 1 is 1.37 bits per heavy atom. The average molecular weight is 275 g/mol. The van der Waals surface area contributed by atoms with Crippen molar-refractivity contribution < 1.29 is 4.79 Å². The summed E-state index contributed by atoms with van der Waals surface area (Å²) < 4.78 is 1.26. The Hall–Kier alpha value is -2.08.